The van der Waals surface area contributed by atoms with E-state index in [9.17, 15) is 0 Å². The lowest BCUT2D eigenvalue weighted by Gasteiger charge is -2.26. The monoisotopic (exact) mass is 293 g/mol. The molecule has 2 heterocycles. The Balaban J connectivity index is 1.76. The molecule has 21 heavy (non-hydrogen) atoms. The van der Waals surface area contributed by atoms with E-state index in [0.717, 1.165) is 31.4 Å². The number of aliphatic imine (C=N–C) groups is 1. The van der Waals surface area contributed by atoms with Crippen LogP contribution in [0.3, 0.4) is 0 Å². The predicted octanol–water partition coefficient (Wildman–Crippen LogP) is 0.356. The summed E-state index contributed by atoms with van der Waals surface area (Å²) in [5.41, 5.74) is 0. The SMILES string of the molecule is CCNC(=NCc1nncn1C)NCCN1CCCCC1. The fourth-order valence-corrected chi connectivity index (χ4v) is 2.46. The number of hydrogen-bond acceptors (Lipinski definition) is 4. The van der Waals surface area contributed by atoms with Gasteiger partial charge >= 0.3 is 0 Å². The van der Waals surface area contributed by atoms with E-state index in [1.54, 1.807) is 6.33 Å². The molecule has 0 unspecified atom stereocenters. The Labute approximate surface area is 126 Å². The molecule has 1 fully saturated rings. The molecule has 0 aromatic carbocycles. The molecule has 0 saturated carbocycles. The lowest BCUT2D eigenvalue weighted by atomic mass is 10.1. The molecule has 7 heteroatoms. The minimum Gasteiger partial charge on any atom is -0.357 e. The van der Waals surface area contributed by atoms with Crippen molar-refractivity contribution >= 4 is 5.96 Å². The summed E-state index contributed by atoms with van der Waals surface area (Å²) in [6, 6.07) is 0. The summed E-state index contributed by atoms with van der Waals surface area (Å²) in [6.45, 7) is 7.93. The number of aromatic nitrogens is 3. The number of piperidine rings is 1. The molecule has 0 spiro atoms. The van der Waals surface area contributed by atoms with Gasteiger partial charge in [0.15, 0.2) is 11.8 Å². The van der Waals surface area contributed by atoms with Crippen LogP contribution in [-0.2, 0) is 13.6 Å². The normalized spacial score (nSPS) is 17.0. The molecular weight excluding hydrogens is 266 g/mol. The maximum absolute atomic E-state index is 4.55. The largest absolute Gasteiger partial charge is 0.357 e. The summed E-state index contributed by atoms with van der Waals surface area (Å²) in [5, 5.41) is 14.6. The highest BCUT2D eigenvalue weighted by molar-refractivity contribution is 5.79. The van der Waals surface area contributed by atoms with Crippen LogP contribution < -0.4 is 10.6 Å². The maximum Gasteiger partial charge on any atom is 0.191 e. The molecule has 118 valence electrons. The van der Waals surface area contributed by atoms with Gasteiger partial charge in [0.25, 0.3) is 0 Å². The second-order valence-electron chi connectivity index (χ2n) is 5.38. The van der Waals surface area contributed by atoms with Crippen LogP contribution in [0, 0.1) is 0 Å². The first-order valence-corrected chi connectivity index (χ1v) is 7.87. The van der Waals surface area contributed by atoms with Gasteiger partial charge in [0, 0.05) is 26.7 Å². The number of likely N-dealkylation sites (tertiary alicyclic amines) is 1. The molecule has 2 rings (SSSR count). The minimum atomic E-state index is 0.537. The second-order valence-corrected chi connectivity index (χ2v) is 5.38. The van der Waals surface area contributed by atoms with E-state index >= 15 is 0 Å². The fraction of sp³-hybridized carbons (Fsp3) is 0.786. The second kappa shape index (κ2) is 8.61. The topological polar surface area (TPSA) is 70.4 Å². The van der Waals surface area contributed by atoms with Crippen molar-refractivity contribution in [1.82, 2.24) is 30.3 Å². The van der Waals surface area contributed by atoms with Gasteiger partial charge in [-0.05, 0) is 32.9 Å². The number of aryl methyl sites for hydroxylation is 1. The van der Waals surface area contributed by atoms with Crippen molar-refractivity contribution in [3.8, 4) is 0 Å². The highest BCUT2D eigenvalue weighted by Crippen LogP contribution is 2.07. The quantitative estimate of drug-likeness (QED) is 0.585. The van der Waals surface area contributed by atoms with Crippen molar-refractivity contribution in [2.75, 3.05) is 32.7 Å². The molecule has 1 aliphatic rings. The van der Waals surface area contributed by atoms with Crippen LogP contribution in [0.2, 0.25) is 0 Å². The molecule has 7 nitrogen and oxygen atoms in total. The highest BCUT2D eigenvalue weighted by atomic mass is 15.3. The Kier molecular flexibility index (Phi) is 6.46. The Morgan fingerprint density at radius 1 is 1.29 bits per heavy atom. The van der Waals surface area contributed by atoms with Crippen molar-refractivity contribution in [3.63, 3.8) is 0 Å². The third-order valence-electron chi connectivity index (χ3n) is 3.70. The Morgan fingerprint density at radius 3 is 2.76 bits per heavy atom. The number of nitrogens with zero attached hydrogens (tertiary/aromatic N) is 5. The summed E-state index contributed by atoms with van der Waals surface area (Å²) in [7, 11) is 1.93. The number of guanidine groups is 1. The molecule has 0 aliphatic carbocycles. The molecule has 1 aliphatic heterocycles. The smallest absolute Gasteiger partial charge is 0.191 e. The molecule has 0 atom stereocenters. The van der Waals surface area contributed by atoms with E-state index in [4.69, 9.17) is 0 Å². The lowest BCUT2D eigenvalue weighted by Crippen LogP contribution is -2.42. The van der Waals surface area contributed by atoms with Crippen molar-refractivity contribution in [3.05, 3.63) is 12.2 Å². The third-order valence-corrected chi connectivity index (χ3v) is 3.70. The van der Waals surface area contributed by atoms with E-state index in [1.807, 2.05) is 11.6 Å². The van der Waals surface area contributed by atoms with Crippen molar-refractivity contribution < 1.29 is 0 Å². The van der Waals surface area contributed by atoms with Gasteiger partial charge in [0.05, 0.1) is 0 Å². The van der Waals surface area contributed by atoms with Crippen LogP contribution in [-0.4, -0.2) is 58.3 Å². The molecule has 0 radical (unpaired) electrons. The van der Waals surface area contributed by atoms with Crippen LogP contribution in [0.15, 0.2) is 11.3 Å². The molecule has 1 aromatic rings. The zero-order valence-corrected chi connectivity index (χ0v) is 13.2. The van der Waals surface area contributed by atoms with Gasteiger partial charge in [0.1, 0.15) is 12.9 Å². The summed E-state index contributed by atoms with van der Waals surface area (Å²) < 4.78 is 1.89. The Hall–Kier alpha value is -1.63. The molecule has 0 bridgehead atoms. The van der Waals surface area contributed by atoms with Crippen LogP contribution in [0.25, 0.3) is 0 Å². The fourth-order valence-electron chi connectivity index (χ4n) is 2.46. The zero-order chi connectivity index (χ0) is 14.9. The lowest BCUT2D eigenvalue weighted by molar-refractivity contribution is 0.232. The van der Waals surface area contributed by atoms with E-state index in [1.165, 1.54) is 32.4 Å². The summed E-state index contributed by atoms with van der Waals surface area (Å²) in [4.78, 5) is 7.07. The van der Waals surface area contributed by atoms with E-state index in [0.29, 0.717) is 6.54 Å². The molecular formula is C14H27N7. The first kappa shape index (κ1) is 15.8. The average molecular weight is 293 g/mol. The molecule has 1 aromatic heterocycles. The molecule has 0 amide bonds. The van der Waals surface area contributed by atoms with Gasteiger partial charge < -0.3 is 20.1 Å². The van der Waals surface area contributed by atoms with E-state index in [-0.39, 0.29) is 0 Å². The maximum atomic E-state index is 4.55. The van der Waals surface area contributed by atoms with Crippen molar-refractivity contribution in [1.29, 1.82) is 0 Å². The summed E-state index contributed by atoms with van der Waals surface area (Å²) >= 11 is 0. The van der Waals surface area contributed by atoms with Crippen LogP contribution >= 0.6 is 0 Å². The van der Waals surface area contributed by atoms with Gasteiger partial charge in [-0.1, -0.05) is 6.42 Å². The standard InChI is InChI=1S/C14H27N7/c1-3-15-14(17-11-13-19-18-12-20(13)2)16-7-10-21-8-5-4-6-9-21/h12H,3-11H2,1-2H3,(H2,15,16,17). The summed E-state index contributed by atoms with van der Waals surface area (Å²) in [5.74, 6) is 1.71. The van der Waals surface area contributed by atoms with Gasteiger partial charge in [0.2, 0.25) is 0 Å². The molecule has 2 N–H and O–H groups in total. The predicted molar refractivity (Wildman–Crippen MR) is 84.1 cm³/mol. The van der Waals surface area contributed by atoms with Gasteiger partial charge in [-0.2, -0.15) is 0 Å². The van der Waals surface area contributed by atoms with Crippen LogP contribution in [0.1, 0.15) is 32.0 Å². The number of rotatable bonds is 6. The number of hydrogen-bond donors (Lipinski definition) is 2. The third kappa shape index (κ3) is 5.34. The highest BCUT2D eigenvalue weighted by Gasteiger charge is 2.09. The summed E-state index contributed by atoms with van der Waals surface area (Å²) in [6.07, 6.45) is 5.74. The first-order valence-electron chi connectivity index (χ1n) is 7.87. The Morgan fingerprint density at radius 2 is 2.10 bits per heavy atom. The van der Waals surface area contributed by atoms with E-state index in [2.05, 4.69) is 37.6 Å². The Bertz CT molecular complexity index is 434. The van der Waals surface area contributed by atoms with Crippen LogP contribution in [0.5, 0.6) is 0 Å². The molecule has 1 saturated heterocycles. The van der Waals surface area contributed by atoms with Crippen molar-refractivity contribution in [2.24, 2.45) is 12.0 Å². The number of nitrogens with one attached hydrogen (secondary N) is 2. The van der Waals surface area contributed by atoms with Crippen molar-refractivity contribution in [2.45, 2.75) is 32.7 Å². The van der Waals surface area contributed by atoms with Gasteiger partial charge in [-0.25, -0.2) is 4.99 Å². The van der Waals surface area contributed by atoms with Crippen LogP contribution in [0.4, 0.5) is 0 Å². The van der Waals surface area contributed by atoms with Gasteiger partial charge in [-0.3, -0.25) is 0 Å². The first-order chi connectivity index (χ1) is 10.3. The van der Waals surface area contributed by atoms with E-state index < -0.39 is 0 Å². The minimum absolute atomic E-state index is 0.537. The zero-order valence-electron chi connectivity index (χ0n) is 13.2. The average Bonchev–Trinajstić information content (AvgIpc) is 2.91. The van der Waals surface area contributed by atoms with Gasteiger partial charge in [-0.15, -0.1) is 10.2 Å².